The molecule has 1 saturated carbocycles. The van der Waals surface area contributed by atoms with Crippen LogP contribution in [0.5, 0.6) is 5.75 Å². The molecule has 3 heteroatoms. The Kier molecular flexibility index (Phi) is 3.20. The summed E-state index contributed by atoms with van der Waals surface area (Å²) in [6, 6.07) is 3.80. The highest BCUT2D eigenvalue weighted by atomic mass is 16.5. The van der Waals surface area contributed by atoms with Crippen LogP contribution in [0.1, 0.15) is 41.3 Å². The second kappa shape index (κ2) is 4.39. The third-order valence-corrected chi connectivity index (χ3v) is 3.90. The topological polar surface area (TPSA) is 52.3 Å². The Labute approximate surface area is 108 Å². The zero-order valence-electron chi connectivity index (χ0n) is 11.5. The number of aryl methyl sites for hydroxylation is 2. The Morgan fingerprint density at radius 1 is 1.33 bits per heavy atom. The molecule has 1 aromatic carbocycles. The van der Waals surface area contributed by atoms with Crippen molar-refractivity contribution in [3.63, 3.8) is 0 Å². The number of carbonyl (C=O) groups excluding carboxylic acids is 1. The van der Waals surface area contributed by atoms with Gasteiger partial charge in [-0.1, -0.05) is 0 Å². The van der Waals surface area contributed by atoms with Crippen molar-refractivity contribution in [2.75, 3.05) is 7.11 Å². The van der Waals surface area contributed by atoms with E-state index >= 15 is 0 Å². The second-order valence-electron chi connectivity index (χ2n) is 5.52. The normalized spacial score (nSPS) is 18.3. The molecule has 0 heterocycles. The molecule has 1 fully saturated rings. The van der Waals surface area contributed by atoms with Crippen LogP contribution in [0.25, 0.3) is 0 Å². The molecule has 3 nitrogen and oxygen atoms in total. The van der Waals surface area contributed by atoms with Crippen LogP contribution in [-0.4, -0.2) is 18.4 Å². The summed E-state index contributed by atoms with van der Waals surface area (Å²) in [6.45, 7) is 5.73. The van der Waals surface area contributed by atoms with Crippen LogP contribution in [0.2, 0.25) is 0 Å². The molecule has 2 N–H and O–H groups in total. The van der Waals surface area contributed by atoms with Gasteiger partial charge in [-0.2, -0.15) is 0 Å². The standard InChI is InChI=1S/C15H21NO2/c1-9-8-13(18-4)10(2)7-12(9)14(17)15(3,16)11-5-6-11/h7-8,11H,5-6,16H2,1-4H3. The van der Waals surface area contributed by atoms with E-state index in [1.165, 1.54) is 0 Å². The summed E-state index contributed by atoms with van der Waals surface area (Å²) >= 11 is 0. The Morgan fingerprint density at radius 2 is 1.94 bits per heavy atom. The monoisotopic (exact) mass is 247 g/mol. The van der Waals surface area contributed by atoms with Crippen molar-refractivity contribution in [2.45, 2.75) is 39.2 Å². The molecule has 2 rings (SSSR count). The van der Waals surface area contributed by atoms with Gasteiger partial charge in [-0.05, 0) is 62.8 Å². The summed E-state index contributed by atoms with van der Waals surface area (Å²) in [5, 5.41) is 0. The fourth-order valence-electron chi connectivity index (χ4n) is 2.41. The average molecular weight is 247 g/mol. The first-order valence-electron chi connectivity index (χ1n) is 6.37. The van der Waals surface area contributed by atoms with Crippen molar-refractivity contribution < 1.29 is 9.53 Å². The molecule has 0 bridgehead atoms. The van der Waals surface area contributed by atoms with Crippen LogP contribution in [-0.2, 0) is 0 Å². The third kappa shape index (κ3) is 2.15. The second-order valence-corrected chi connectivity index (χ2v) is 5.52. The molecule has 1 aromatic rings. The van der Waals surface area contributed by atoms with E-state index in [1.54, 1.807) is 7.11 Å². The van der Waals surface area contributed by atoms with Gasteiger partial charge in [0.15, 0.2) is 5.78 Å². The highest BCUT2D eigenvalue weighted by Crippen LogP contribution is 2.40. The smallest absolute Gasteiger partial charge is 0.182 e. The Hall–Kier alpha value is -1.35. The lowest BCUT2D eigenvalue weighted by atomic mass is 9.85. The third-order valence-electron chi connectivity index (χ3n) is 3.90. The average Bonchev–Trinajstić information content (AvgIpc) is 3.14. The molecule has 0 amide bonds. The van der Waals surface area contributed by atoms with Crippen LogP contribution >= 0.6 is 0 Å². The maximum Gasteiger partial charge on any atom is 0.182 e. The molecule has 0 radical (unpaired) electrons. The number of Topliss-reactive ketones (excluding diaryl/α,β-unsaturated/α-hetero) is 1. The van der Waals surface area contributed by atoms with Crippen LogP contribution in [0.4, 0.5) is 0 Å². The lowest BCUT2D eigenvalue weighted by Gasteiger charge is -2.24. The predicted molar refractivity (Wildman–Crippen MR) is 72.1 cm³/mol. The molecule has 0 aromatic heterocycles. The summed E-state index contributed by atoms with van der Waals surface area (Å²) in [5.41, 5.74) is 8.10. The SMILES string of the molecule is COc1cc(C)c(C(=O)C(C)(N)C2CC2)cc1C. The van der Waals surface area contributed by atoms with Gasteiger partial charge in [-0.15, -0.1) is 0 Å². The van der Waals surface area contributed by atoms with Gasteiger partial charge in [0.1, 0.15) is 5.75 Å². The van der Waals surface area contributed by atoms with E-state index in [4.69, 9.17) is 10.5 Å². The quantitative estimate of drug-likeness (QED) is 0.832. The van der Waals surface area contributed by atoms with Gasteiger partial charge in [0.2, 0.25) is 0 Å². The van der Waals surface area contributed by atoms with Gasteiger partial charge in [0, 0.05) is 5.56 Å². The van der Waals surface area contributed by atoms with Gasteiger partial charge in [0.05, 0.1) is 12.6 Å². The number of ketones is 1. The minimum atomic E-state index is -0.730. The first-order valence-corrected chi connectivity index (χ1v) is 6.37. The van der Waals surface area contributed by atoms with E-state index in [0.717, 1.165) is 35.3 Å². The van der Waals surface area contributed by atoms with E-state index in [0.29, 0.717) is 5.92 Å². The number of hydrogen-bond acceptors (Lipinski definition) is 3. The Morgan fingerprint density at radius 3 is 2.44 bits per heavy atom. The zero-order valence-corrected chi connectivity index (χ0v) is 11.5. The molecule has 0 aliphatic heterocycles. The molecule has 1 aliphatic carbocycles. The predicted octanol–water partition coefficient (Wildman–Crippen LogP) is 2.62. The summed E-state index contributed by atoms with van der Waals surface area (Å²) in [4.78, 5) is 12.6. The number of nitrogens with two attached hydrogens (primary N) is 1. The largest absolute Gasteiger partial charge is 0.496 e. The molecule has 18 heavy (non-hydrogen) atoms. The van der Waals surface area contributed by atoms with Crippen LogP contribution in [0.3, 0.4) is 0 Å². The molecule has 0 saturated heterocycles. The maximum absolute atomic E-state index is 12.6. The zero-order chi connectivity index (χ0) is 13.5. The van der Waals surface area contributed by atoms with Crippen molar-refractivity contribution in [2.24, 2.45) is 11.7 Å². The molecular formula is C15H21NO2. The van der Waals surface area contributed by atoms with Crippen LogP contribution in [0, 0.1) is 19.8 Å². The lowest BCUT2D eigenvalue weighted by Crippen LogP contribution is -2.47. The number of methoxy groups -OCH3 is 1. The number of benzene rings is 1. The van der Waals surface area contributed by atoms with E-state index in [-0.39, 0.29) is 5.78 Å². The van der Waals surface area contributed by atoms with E-state index < -0.39 is 5.54 Å². The van der Waals surface area contributed by atoms with E-state index in [9.17, 15) is 4.79 Å². The van der Waals surface area contributed by atoms with Gasteiger partial charge >= 0.3 is 0 Å². The summed E-state index contributed by atoms with van der Waals surface area (Å²) in [7, 11) is 1.64. The number of hydrogen-bond donors (Lipinski definition) is 1. The summed E-state index contributed by atoms with van der Waals surface area (Å²) < 4.78 is 5.26. The van der Waals surface area contributed by atoms with Crippen LogP contribution < -0.4 is 10.5 Å². The van der Waals surface area contributed by atoms with Gasteiger partial charge in [-0.3, -0.25) is 4.79 Å². The minimum absolute atomic E-state index is 0.0493. The Balaban J connectivity index is 2.39. The van der Waals surface area contributed by atoms with Crippen LogP contribution in [0.15, 0.2) is 12.1 Å². The summed E-state index contributed by atoms with van der Waals surface area (Å²) in [5.74, 6) is 1.20. The number of ether oxygens (including phenoxy) is 1. The van der Waals surface area contributed by atoms with Crippen molar-refractivity contribution in [1.82, 2.24) is 0 Å². The molecule has 0 spiro atoms. The minimum Gasteiger partial charge on any atom is -0.496 e. The van der Waals surface area contributed by atoms with Gasteiger partial charge in [0.25, 0.3) is 0 Å². The van der Waals surface area contributed by atoms with Gasteiger partial charge < -0.3 is 10.5 Å². The van der Waals surface area contributed by atoms with E-state index in [2.05, 4.69) is 0 Å². The van der Waals surface area contributed by atoms with Crippen molar-refractivity contribution in [3.8, 4) is 5.75 Å². The van der Waals surface area contributed by atoms with E-state index in [1.807, 2.05) is 32.9 Å². The summed E-state index contributed by atoms with van der Waals surface area (Å²) in [6.07, 6.45) is 2.12. The Bertz CT molecular complexity index is 488. The first kappa shape index (κ1) is 13.1. The van der Waals surface area contributed by atoms with Crippen molar-refractivity contribution in [1.29, 1.82) is 0 Å². The van der Waals surface area contributed by atoms with Gasteiger partial charge in [-0.25, -0.2) is 0 Å². The van der Waals surface area contributed by atoms with Crippen molar-refractivity contribution in [3.05, 3.63) is 28.8 Å². The lowest BCUT2D eigenvalue weighted by molar-refractivity contribution is 0.0882. The maximum atomic E-state index is 12.6. The fraction of sp³-hybridized carbons (Fsp3) is 0.533. The fourth-order valence-corrected chi connectivity index (χ4v) is 2.41. The number of rotatable bonds is 4. The molecule has 98 valence electrons. The number of carbonyl (C=O) groups is 1. The molecule has 1 aliphatic rings. The highest BCUT2D eigenvalue weighted by molar-refractivity contribution is 6.04. The molecule has 1 atom stereocenters. The highest BCUT2D eigenvalue weighted by Gasteiger charge is 2.44. The molecule has 1 unspecified atom stereocenters. The first-order chi connectivity index (χ1) is 8.37. The van der Waals surface area contributed by atoms with Crippen molar-refractivity contribution >= 4 is 5.78 Å². The molecular weight excluding hydrogens is 226 g/mol.